The monoisotopic (exact) mass is 363 g/mol. The molecule has 1 aromatic carbocycles. The fourth-order valence-corrected chi connectivity index (χ4v) is 2.15. The number of hydrogen-bond acceptors (Lipinski definition) is 2. The predicted molar refractivity (Wildman–Crippen MR) is 91.1 cm³/mol. The smallest absolute Gasteiger partial charge is 0.272 e. The molecule has 0 atom stereocenters. The zero-order valence-electron chi connectivity index (χ0n) is 12.7. The van der Waals surface area contributed by atoms with Crippen molar-refractivity contribution in [2.75, 3.05) is 10.6 Å². The van der Waals surface area contributed by atoms with Gasteiger partial charge in [0.05, 0.1) is 0 Å². The van der Waals surface area contributed by atoms with Crippen LogP contribution in [0.15, 0.2) is 34.9 Å². The van der Waals surface area contributed by atoms with Gasteiger partial charge in [-0.3, -0.25) is 9.59 Å². The number of amides is 2. The Kier molecular flexibility index (Phi) is 5.03. The van der Waals surface area contributed by atoms with Crippen LogP contribution in [-0.2, 0) is 4.79 Å². The van der Waals surface area contributed by atoms with Gasteiger partial charge in [-0.25, -0.2) is 0 Å². The van der Waals surface area contributed by atoms with Crippen LogP contribution in [0.2, 0.25) is 0 Å². The number of H-pyrrole nitrogens is 1. The Morgan fingerprint density at radius 3 is 2.50 bits per heavy atom. The molecule has 0 radical (unpaired) electrons. The van der Waals surface area contributed by atoms with Crippen molar-refractivity contribution in [2.24, 2.45) is 5.92 Å². The lowest BCUT2D eigenvalue weighted by Gasteiger charge is -2.12. The number of hydrogen-bond donors (Lipinski definition) is 3. The molecule has 2 amide bonds. The van der Waals surface area contributed by atoms with Crippen LogP contribution in [0, 0.1) is 12.8 Å². The van der Waals surface area contributed by atoms with E-state index in [0.717, 1.165) is 10.0 Å². The van der Waals surface area contributed by atoms with Crippen molar-refractivity contribution in [2.45, 2.75) is 20.8 Å². The number of nitrogens with one attached hydrogen (secondary N) is 3. The normalized spacial score (nSPS) is 10.6. The first kappa shape index (κ1) is 16.3. The van der Waals surface area contributed by atoms with Gasteiger partial charge in [0.15, 0.2) is 0 Å². The highest BCUT2D eigenvalue weighted by atomic mass is 79.9. The van der Waals surface area contributed by atoms with Crippen molar-refractivity contribution in [1.82, 2.24) is 4.98 Å². The van der Waals surface area contributed by atoms with Gasteiger partial charge in [-0.05, 0) is 46.6 Å². The van der Waals surface area contributed by atoms with E-state index in [1.807, 2.05) is 32.9 Å². The van der Waals surface area contributed by atoms with Crippen molar-refractivity contribution in [3.63, 3.8) is 0 Å². The summed E-state index contributed by atoms with van der Waals surface area (Å²) in [6.07, 6.45) is 1.70. The number of aromatic nitrogens is 1. The zero-order chi connectivity index (χ0) is 16.3. The Balaban J connectivity index is 2.16. The van der Waals surface area contributed by atoms with Gasteiger partial charge in [0, 0.05) is 28.0 Å². The lowest BCUT2D eigenvalue weighted by Crippen LogP contribution is -2.18. The molecule has 6 heteroatoms. The van der Waals surface area contributed by atoms with E-state index in [9.17, 15) is 9.59 Å². The molecule has 0 saturated carbocycles. The zero-order valence-corrected chi connectivity index (χ0v) is 14.2. The minimum Gasteiger partial charge on any atom is -0.356 e. The molecule has 0 unspecified atom stereocenters. The molecule has 0 spiro atoms. The van der Waals surface area contributed by atoms with Crippen LogP contribution in [0.1, 0.15) is 29.9 Å². The second kappa shape index (κ2) is 6.79. The Hall–Kier alpha value is -2.08. The molecule has 0 aliphatic heterocycles. The molecule has 3 N–H and O–H groups in total. The predicted octanol–water partition coefficient (Wildman–Crippen LogP) is 3.93. The number of anilines is 2. The average Bonchev–Trinajstić information content (AvgIpc) is 2.89. The lowest BCUT2D eigenvalue weighted by atomic mass is 10.1. The molecule has 1 heterocycles. The fraction of sp³-hybridized carbons (Fsp3) is 0.250. The van der Waals surface area contributed by atoms with Gasteiger partial charge in [0.1, 0.15) is 5.69 Å². The van der Waals surface area contributed by atoms with Gasteiger partial charge in [-0.2, -0.15) is 0 Å². The van der Waals surface area contributed by atoms with Crippen LogP contribution in [0.3, 0.4) is 0 Å². The topological polar surface area (TPSA) is 74.0 Å². The van der Waals surface area contributed by atoms with Crippen molar-refractivity contribution in [3.05, 3.63) is 46.2 Å². The Morgan fingerprint density at radius 2 is 1.91 bits per heavy atom. The first-order chi connectivity index (χ1) is 10.4. The standard InChI is InChI=1S/C16H18BrN3O2/c1-9(2)15(21)19-12-5-4-10(3)13(7-12)20-16(22)14-6-11(17)8-18-14/h4-9,18H,1-3H3,(H,19,21)(H,20,22). The Bertz CT molecular complexity index is 707. The molecular formula is C16H18BrN3O2. The van der Waals surface area contributed by atoms with Crippen LogP contribution in [0.25, 0.3) is 0 Å². The highest BCUT2D eigenvalue weighted by Gasteiger charge is 2.12. The maximum absolute atomic E-state index is 12.2. The molecule has 2 rings (SSSR count). The highest BCUT2D eigenvalue weighted by Crippen LogP contribution is 2.22. The largest absolute Gasteiger partial charge is 0.356 e. The molecule has 2 aromatic rings. The Labute approximate surface area is 137 Å². The number of carbonyl (C=O) groups excluding carboxylic acids is 2. The minimum atomic E-state index is -0.235. The summed E-state index contributed by atoms with van der Waals surface area (Å²) in [4.78, 5) is 26.8. The number of rotatable bonds is 4. The van der Waals surface area contributed by atoms with Crippen molar-refractivity contribution >= 4 is 39.1 Å². The molecule has 0 fully saturated rings. The molecule has 0 bridgehead atoms. The van der Waals surface area contributed by atoms with Gasteiger partial charge < -0.3 is 15.6 Å². The Morgan fingerprint density at radius 1 is 1.18 bits per heavy atom. The maximum Gasteiger partial charge on any atom is 0.272 e. The molecule has 116 valence electrons. The first-order valence-electron chi connectivity index (χ1n) is 6.93. The molecule has 0 aliphatic rings. The van der Waals surface area contributed by atoms with E-state index in [1.165, 1.54) is 0 Å². The number of halogens is 1. The average molecular weight is 364 g/mol. The van der Waals surface area contributed by atoms with Gasteiger partial charge in [0.25, 0.3) is 5.91 Å². The minimum absolute atomic E-state index is 0.0607. The van der Waals surface area contributed by atoms with Crippen molar-refractivity contribution in [1.29, 1.82) is 0 Å². The van der Waals surface area contributed by atoms with Crippen LogP contribution in [0.5, 0.6) is 0 Å². The highest BCUT2D eigenvalue weighted by molar-refractivity contribution is 9.10. The third-order valence-corrected chi connectivity index (χ3v) is 3.63. The number of carbonyl (C=O) groups is 2. The van der Waals surface area contributed by atoms with Crippen LogP contribution in [-0.4, -0.2) is 16.8 Å². The lowest BCUT2D eigenvalue weighted by molar-refractivity contribution is -0.118. The summed E-state index contributed by atoms with van der Waals surface area (Å²) in [5.41, 5.74) is 2.70. The van der Waals surface area contributed by atoms with Crippen LogP contribution in [0.4, 0.5) is 11.4 Å². The van der Waals surface area contributed by atoms with E-state index in [-0.39, 0.29) is 17.7 Å². The van der Waals surface area contributed by atoms with Gasteiger partial charge in [-0.15, -0.1) is 0 Å². The van der Waals surface area contributed by atoms with E-state index >= 15 is 0 Å². The number of aromatic amines is 1. The summed E-state index contributed by atoms with van der Waals surface area (Å²) < 4.78 is 0.812. The van der Waals surface area contributed by atoms with Crippen LogP contribution >= 0.6 is 15.9 Å². The molecule has 0 saturated heterocycles. The summed E-state index contributed by atoms with van der Waals surface area (Å²) in [7, 11) is 0. The fourth-order valence-electron chi connectivity index (χ4n) is 1.81. The summed E-state index contributed by atoms with van der Waals surface area (Å²) in [6, 6.07) is 7.13. The number of benzene rings is 1. The van der Waals surface area contributed by atoms with E-state index < -0.39 is 0 Å². The quantitative estimate of drug-likeness (QED) is 0.769. The van der Waals surface area contributed by atoms with E-state index in [1.54, 1.807) is 18.3 Å². The molecule has 1 aromatic heterocycles. The van der Waals surface area contributed by atoms with E-state index in [2.05, 4.69) is 31.5 Å². The van der Waals surface area contributed by atoms with Gasteiger partial charge in [0.2, 0.25) is 5.91 Å². The second-order valence-corrected chi connectivity index (χ2v) is 6.28. The van der Waals surface area contributed by atoms with Gasteiger partial charge in [-0.1, -0.05) is 19.9 Å². The molecular weight excluding hydrogens is 346 g/mol. The molecule has 5 nitrogen and oxygen atoms in total. The third-order valence-electron chi connectivity index (χ3n) is 3.17. The van der Waals surface area contributed by atoms with Crippen molar-refractivity contribution < 1.29 is 9.59 Å². The number of aryl methyl sites for hydroxylation is 1. The van der Waals surface area contributed by atoms with Crippen molar-refractivity contribution in [3.8, 4) is 0 Å². The molecule has 0 aliphatic carbocycles. The summed E-state index contributed by atoms with van der Waals surface area (Å²) in [5.74, 6) is -0.397. The second-order valence-electron chi connectivity index (χ2n) is 5.36. The molecule has 22 heavy (non-hydrogen) atoms. The van der Waals surface area contributed by atoms with E-state index in [4.69, 9.17) is 0 Å². The summed E-state index contributed by atoms with van der Waals surface area (Å²) in [5, 5.41) is 5.66. The van der Waals surface area contributed by atoms with Crippen LogP contribution < -0.4 is 10.6 Å². The summed E-state index contributed by atoms with van der Waals surface area (Å²) in [6.45, 7) is 5.55. The van der Waals surface area contributed by atoms with E-state index in [0.29, 0.717) is 17.1 Å². The third kappa shape index (κ3) is 3.98. The first-order valence-corrected chi connectivity index (χ1v) is 7.73. The maximum atomic E-state index is 12.2. The SMILES string of the molecule is Cc1ccc(NC(=O)C(C)C)cc1NC(=O)c1cc(Br)c[nH]1. The summed E-state index contributed by atoms with van der Waals surface area (Å²) >= 11 is 3.29. The van der Waals surface area contributed by atoms with Gasteiger partial charge >= 0.3 is 0 Å².